The van der Waals surface area contributed by atoms with Crippen molar-refractivity contribution < 1.29 is 14.6 Å². The quantitative estimate of drug-likeness (QED) is 0.829. The molecule has 1 heterocycles. The van der Waals surface area contributed by atoms with Gasteiger partial charge in [-0.05, 0) is 37.8 Å². The van der Waals surface area contributed by atoms with Crippen LogP contribution in [0.15, 0.2) is 24.3 Å². The highest BCUT2D eigenvalue weighted by atomic mass is 16.6. The minimum Gasteiger partial charge on any atom is -0.506 e. The molecule has 1 spiro atoms. The molecule has 1 N–H and O–H groups in total. The maximum atomic E-state index is 12.0. The van der Waals surface area contributed by atoms with Crippen LogP contribution in [0.3, 0.4) is 0 Å². The maximum Gasteiger partial charge on any atom is 0.415 e. The molecule has 1 aromatic carbocycles. The highest BCUT2D eigenvalue weighted by Gasteiger charge is 2.46. The largest absolute Gasteiger partial charge is 0.506 e. The number of carbonyl (C=O) groups is 1. The first-order valence-electron chi connectivity index (χ1n) is 6.49. The third-order valence-electron chi connectivity index (χ3n) is 3.91. The molecule has 0 unspecified atom stereocenters. The van der Waals surface area contributed by atoms with Crippen molar-refractivity contribution in [3.8, 4) is 5.75 Å². The Bertz CT molecular complexity index is 466. The minimum absolute atomic E-state index is 0.127. The second-order valence-corrected chi connectivity index (χ2v) is 5.19. The highest BCUT2D eigenvalue weighted by Crippen LogP contribution is 2.40. The Labute approximate surface area is 106 Å². The monoisotopic (exact) mass is 247 g/mol. The number of aromatic hydroxyl groups is 1. The van der Waals surface area contributed by atoms with Gasteiger partial charge in [-0.25, -0.2) is 4.79 Å². The third kappa shape index (κ3) is 1.82. The minimum atomic E-state index is -0.335. The standard InChI is InChI=1S/C14H17NO3/c16-12-7-3-2-6-11(12)15-10-14(18-13(15)17)8-4-1-5-9-14/h2-3,6-7,16H,1,4-5,8-10H2. The normalized spacial score (nSPS) is 22.2. The first kappa shape index (κ1) is 11.4. The highest BCUT2D eigenvalue weighted by molar-refractivity contribution is 5.92. The molecule has 1 saturated heterocycles. The molecule has 18 heavy (non-hydrogen) atoms. The van der Waals surface area contributed by atoms with Gasteiger partial charge in [-0.2, -0.15) is 0 Å². The summed E-state index contributed by atoms with van der Waals surface area (Å²) in [6.45, 7) is 0.559. The molecule has 0 radical (unpaired) electrons. The molecule has 3 rings (SSSR count). The summed E-state index contributed by atoms with van der Waals surface area (Å²) in [4.78, 5) is 13.5. The average molecular weight is 247 g/mol. The number of phenols is 1. The van der Waals surface area contributed by atoms with Gasteiger partial charge in [-0.15, -0.1) is 0 Å². The molecular formula is C14H17NO3. The van der Waals surface area contributed by atoms with Crippen LogP contribution in [0, 0.1) is 0 Å². The first-order valence-corrected chi connectivity index (χ1v) is 6.49. The van der Waals surface area contributed by atoms with Gasteiger partial charge in [0.15, 0.2) is 0 Å². The number of amides is 1. The number of ether oxygens (including phenoxy) is 1. The molecule has 2 aliphatic rings. The number of hydrogen-bond donors (Lipinski definition) is 1. The Kier molecular flexibility index (Phi) is 2.65. The Balaban J connectivity index is 1.87. The zero-order valence-corrected chi connectivity index (χ0v) is 10.3. The van der Waals surface area contributed by atoms with Crippen LogP contribution < -0.4 is 4.90 Å². The molecular weight excluding hydrogens is 230 g/mol. The van der Waals surface area contributed by atoms with Crippen molar-refractivity contribution in [1.29, 1.82) is 0 Å². The number of rotatable bonds is 1. The summed E-state index contributed by atoms with van der Waals surface area (Å²) in [7, 11) is 0. The number of benzene rings is 1. The SMILES string of the molecule is O=C1OC2(CCCCC2)CN1c1ccccc1O. The van der Waals surface area contributed by atoms with Crippen LogP contribution in [-0.2, 0) is 4.74 Å². The number of hydrogen-bond acceptors (Lipinski definition) is 3. The topological polar surface area (TPSA) is 49.8 Å². The van der Waals surface area contributed by atoms with Crippen LogP contribution in [0.5, 0.6) is 5.75 Å². The van der Waals surface area contributed by atoms with Gasteiger partial charge in [0.1, 0.15) is 11.4 Å². The average Bonchev–Trinajstić information content (AvgIpc) is 2.67. The number of anilines is 1. The van der Waals surface area contributed by atoms with Crippen molar-refractivity contribution in [3.05, 3.63) is 24.3 Å². The Morgan fingerprint density at radius 1 is 1.17 bits per heavy atom. The molecule has 1 saturated carbocycles. The fourth-order valence-electron chi connectivity index (χ4n) is 2.96. The van der Waals surface area contributed by atoms with Gasteiger partial charge >= 0.3 is 6.09 Å². The van der Waals surface area contributed by atoms with Crippen molar-refractivity contribution in [2.75, 3.05) is 11.4 Å². The molecule has 1 aliphatic carbocycles. The Hall–Kier alpha value is -1.71. The van der Waals surface area contributed by atoms with E-state index in [4.69, 9.17) is 4.74 Å². The van der Waals surface area contributed by atoms with Gasteiger partial charge in [0.2, 0.25) is 0 Å². The Morgan fingerprint density at radius 2 is 1.89 bits per heavy atom. The second-order valence-electron chi connectivity index (χ2n) is 5.19. The number of carbonyl (C=O) groups excluding carboxylic acids is 1. The van der Waals surface area contributed by atoms with E-state index < -0.39 is 0 Å². The van der Waals surface area contributed by atoms with Crippen molar-refractivity contribution in [1.82, 2.24) is 0 Å². The van der Waals surface area contributed by atoms with E-state index >= 15 is 0 Å². The van der Waals surface area contributed by atoms with E-state index in [0.717, 1.165) is 25.7 Å². The van der Waals surface area contributed by atoms with E-state index in [9.17, 15) is 9.90 Å². The Morgan fingerprint density at radius 3 is 2.61 bits per heavy atom. The van der Waals surface area contributed by atoms with E-state index in [1.165, 1.54) is 6.42 Å². The lowest BCUT2D eigenvalue weighted by Gasteiger charge is -2.30. The van der Waals surface area contributed by atoms with Crippen LogP contribution >= 0.6 is 0 Å². The predicted molar refractivity (Wildman–Crippen MR) is 67.7 cm³/mol. The summed E-state index contributed by atoms with van der Waals surface area (Å²) in [5.74, 6) is 0.127. The molecule has 0 bridgehead atoms. The van der Waals surface area contributed by atoms with Crippen molar-refractivity contribution in [3.63, 3.8) is 0 Å². The summed E-state index contributed by atoms with van der Waals surface area (Å²) >= 11 is 0. The summed E-state index contributed by atoms with van der Waals surface area (Å²) in [5.41, 5.74) is 0.224. The molecule has 1 aliphatic heterocycles. The smallest absolute Gasteiger partial charge is 0.415 e. The summed E-state index contributed by atoms with van der Waals surface area (Å²) in [6.07, 6.45) is 4.98. The van der Waals surface area contributed by atoms with E-state index in [-0.39, 0.29) is 17.4 Å². The molecule has 1 amide bonds. The van der Waals surface area contributed by atoms with Crippen LogP contribution in [0.4, 0.5) is 10.5 Å². The number of phenolic OH excluding ortho intramolecular Hbond substituents is 1. The lowest BCUT2D eigenvalue weighted by molar-refractivity contribution is 0.0260. The van der Waals surface area contributed by atoms with Gasteiger partial charge in [0.05, 0.1) is 12.2 Å². The van der Waals surface area contributed by atoms with E-state index in [2.05, 4.69) is 0 Å². The zero-order valence-electron chi connectivity index (χ0n) is 10.3. The summed E-state index contributed by atoms with van der Waals surface area (Å²) < 4.78 is 5.59. The van der Waals surface area contributed by atoms with Crippen molar-refractivity contribution in [2.45, 2.75) is 37.7 Å². The van der Waals surface area contributed by atoms with Gasteiger partial charge in [0.25, 0.3) is 0 Å². The lowest BCUT2D eigenvalue weighted by atomic mass is 9.85. The fourth-order valence-corrected chi connectivity index (χ4v) is 2.96. The summed E-state index contributed by atoms with van der Waals surface area (Å²) in [5, 5.41) is 9.83. The molecule has 0 atom stereocenters. The third-order valence-corrected chi connectivity index (χ3v) is 3.91. The van der Waals surface area contributed by atoms with E-state index in [0.29, 0.717) is 12.2 Å². The van der Waals surface area contributed by atoms with Gasteiger partial charge < -0.3 is 9.84 Å². The fraction of sp³-hybridized carbons (Fsp3) is 0.500. The van der Waals surface area contributed by atoms with Crippen LogP contribution in [0.2, 0.25) is 0 Å². The molecule has 2 fully saturated rings. The number of nitrogens with zero attached hydrogens (tertiary/aromatic N) is 1. The van der Waals surface area contributed by atoms with Crippen LogP contribution in [-0.4, -0.2) is 23.3 Å². The molecule has 4 nitrogen and oxygen atoms in total. The van der Waals surface area contributed by atoms with Crippen LogP contribution in [0.1, 0.15) is 32.1 Å². The predicted octanol–water partition coefficient (Wildman–Crippen LogP) is 3.05. The van der Waals surface area contributed by atoms with Crippen molar-refractivity contribution >= 4 is 11.8 Å². The molecule has 1 aromatic rings. The molecule has 96 valence electrons. The maximum absolute atomic E-state index is 12.0. The first-order chi connectivity index (χ1) is 8.70. The molecule has 4 heteroatoms. The lowest BCUT2D eigenvalue weighted by Crippen LogP contribution is -2.36. The van der Waals surface area contributed by atoms with Crippen LogP contribution in [0.25, 0.3) is 0 Å². The van der Waals surface area contributed by atoms with Gasteiger partial charge in [0, 0.05) is 0 Å². The van der Waals surface area contributed by atoms with Crippen molar-refractivity contribution in [2.24, 2.45) is 0 Å². The zero-order chi connectivity index (χ0) is 12.6. The van der Waals surface area contributed by atoms with Gasteiger partial charge in [-0.1, -0.05) is 18.6 Å². The van der Waals surface area contributed by atoms with Gasteiger partial charge in [-0.3, -0.25) is 4.90 Å². The van der Waals surface area contributed by atoms with E-state index in [1.807, 2.05) is 6.07 Å². The summed E-state index contributed by atoms with van der Waals surface area (Å²) in [6, 6.07) is 6.90. The van der Waals surface area contributed by atoms with E-state index in [1.54, 1.807) is 23.1 Å². The second kappa shape index (κ2) is 4.19. The molecule has 0 aromatic heterocycles. The number of para-hydroxylation sites is 2.